The molecule has 0 aromatic heterocycles. The van der Waals surface area contributed by atoms with E-state index in [1.165, 1.54) is 0 Å². The minimum absolute atomic E-state index is 0.161. The molecule has 6 heteroatoms. The highest BCUT2D eigenvalue weighted by Gasteiger charge is 2.16. The highest BCUT2D eigenvalue weighted by Crippen LogP contribution is 2.19. The quantitative estimate of drug-likeness (QED) is 0.642. The van der Waals surface area contributed by atoms with E-state index in [1.807, 2.05) is 32.0 Å². The Labute approximate surface area is 129 Å². The molecule has 0 saturated carbocycles. The second kappa shape index (κ2) is 8.57. The number of amides is 1. The maximum Gasteiger partial charge on any atom is 0.328 e. The number of nitriles is 1. The summed E-state index contributed by atoms with van der Waals surface area (Å²) < 4.78 is 4.73. The molecule has 6 nitrogen and oxygen atoms in total. The first-order valence-electron chi connectivity index (χ1n) is 6.91. The Morgan fingerprint density at radius 1 is 1.41 bits per heavy atom. The Balaban J connectivity index is 2.61. The number of rotatable bonds is 6. The van der Waals surface area contributed by atoms with Crippen LogP contribution in [0.3, 0.4) is 0 Å². The van der Waals surface area contributed by atoms with E-state index in [1.54, 1.807) is 13.0 Å². The van der Waals surface area contributed by atoms with Crippen LogP contribution in [0.25, 0.3) is 0 Å². The van der Waals surface area contributed by atoms with Crippen LogP contribution in [0, 0.1) is 31.1 Å². The normalized spacial score (nSPS) is 11.7. The van der Waals surface area contributed by atoms with Crippen LogP contribution in [-0.4, -0.2) is 31.2 Å². The monoisotopic (exact) mass is 301 g/mol. The molecule has 0 radical (unpaired) electrons. The van der Waals surface area contributed by atoms with Gasteiger partial charge in [-0.3, -0.25) is 14.6 Å². The van der Waals surface area contributed by atoms with Crippen LogP contribution in [-0.2, 0) is 14.3 Å². The number of hydrogen-bond acceptors (Lipinski definition) is 5. The van der Waals surface area contributed by atoms with Crippen molar-refractivity contribution in [3.05, 3.63) is 29.3 Å². The summed E-state index contributed by atoms with van der Waals surface area (Å²) in [7, 11) is 0. The molecule has 1 rings (SSSR count). The molecule has 0 aliphatic heterocycles. The summed E-state index contributed by atoms with van der Waals surface area (Å²) in [6.45, 7) is 5.49. The number of carbonyl (C=O) groups excluding carboxylic acids is 2. The Hall–Kier alpha value is -2.68. The Bertz CT molecular complexity index is 597. The molecule has 0 heterocycles. The SMILES string of the molecule is CCOC(=O)[C@@H](C#N)C=NCC(=O)Nc1c(C)cccc1C. The molecule has 0 fully saturated rings. The number of aryl methyl sites for hydroxylation is 2. The standard InChI is InChI=1S/C16H19N3O3/c1-4-22-16(21)13(8-17)9-18-10-14(20)19-15-11(2)6-5-7-12(15)3/h5-7,9,13H,4,10H2,1-3H3,(H,19,20)/t13-/m0/s1. The zero-order chi connectivity index (χ0) is 16.5. The molecule has 116 valence electrons. The van der Waals surface area contributed by atoms with Gasteiger partial charge in [-0.25, -0.2) is 0 Å². The lowest BCUT2D eigenvalue weighted by Crippen LogP contribution is -2.20. The number of anilines is 1. The van der Waals surface area contributed by atoms with Gasteiger partial charge in [-0.1, -0.05) is 18.2 Å². The first kappa shape index (κ1) is 17.4. The molecular weight excluding hydrogens is 282 g/mol. The van der Waals surface area contributed by atoms with Crippen molar-refractivity contribution in [2.45, 2.75) is 20.8 Å². The van der Waals surface area contributed by atoms with Crippen molar-refractivity contribution < 1.29 is 14.3 Å². The Morgan fingerprint density at radius 3 is 2.59 bits per heavy atom. The Kier molecular flexibility index (Phi) is 6.77. The van der Waals surface area contributed by atoms with Crippen molar-refractivity contribution in [3.63, 3.8) is 0 Å². The number of para-hydroxylation sites is 1. The highest BCUT2D eigenvalue weighted by atomic mass is 16.5. The minimum Gasteiger partial charge on any atom is -0.465 e. The van der Waals surface area contributed by atoms with Crippen molar-refractivity contribution in [3.8, 4) is 6.07 Å². The van der Waals surface area contributed by atoms with Gasteiger partial charge in [-0.05, 0) is 31.9 Å². The van der Waals surface area contributed by atoms with Gasteiger partial charge in [0.15, 0.2) is 5.92 Å². The van der Waals surface area contributed by atoms with Gasteiger partial charge >= 0.3 is 5.97 Å². The van der Waals surface area contributed by atoms with Crippen molar-refractivity contribution in [1.82, 2.24) is 0 Å². The number of nitrogens with zero attached hydrogens (tertiary/aromatic N) is 2. The van der Waals surface area contributed by atoms with E-state index in [0.717, 1.165) is 23.0 Å². The smallest absolute Gasteiger partial charge is 0.328 e. The molecule has 1 N–H and O–H groups in total. The van der Waals surface area contributed by atoms with Crippen LogP contribution < -0.4 is 5.32 Å². The number of esters is 1. The first-order chi connectivity index (χ1) is 10.5. The second-order valence-electron chi connectivity index (χ2n) is 4.66. The molecule has 1 aromatic rings. The van der Waals surface area contributed by atoms with E-state index in [4.69, 9.17) is 10.00 Å². The molecule has 0 aliphatic carbocycles. The topological polar surface area (TPSA) is 91.6 Å². The number of carbonyl (C=O) groups is 2. The lowest BCUT2D eigenvalue weighted by atomic mass is 10.1. The third kappa shape index (κ3) is 5.02. The van der Waals surface area contributed by atoms with Crippen LogP contribution in [0.15, 0.2) is 23.2 Å². The maximum atomic E-state index is 11.9. The summed E-state index contributed by atoms with van der Waals surface area (Å²) in [5, 5.41) is 11.6. The van der Waals surface area contributed by atoms with Gasteiger partial charge < -0.3 is 10.1 Å². The molecule has 0 bridgehead atoms. The fourth-order valence-corrected chi connectivity index (χ4v) is 1.81. The van der Waals surface area contributed by atoms with Gasteiger partial charge in [0.2, 0.25) is 5.91 Å². The number of nitrogens with one attached hydrogen (secondary N) is 1. The summed E-state index contributed by atoms with van der Waals surface area (Å²) in [4.78, 5) is 27.1. The van der Waals surface area contributed by atoms with Crippen LogP contribution in [0.1, 0.15) is 18.1 Å². The Morgan fingerprint density at radius 2 is 2.05 bits per heavy atom. The van der Waals surface area contributed by atoms with E-state index in [2.05, 4.69) is 10.3 Å². The predicted octanol–water partition coefficient (Wildman–Crippen LogP) is 2.02. The predicted molar refractivity (Wildman–Crippen MR) is 83.6 cm³/mol. The second-order valence-corrected chi connectivity index (χ2v) is 4.66. The molecule has 1 amide bonds. The lowest BCUT2D eigenvalue weighted by molar-refractivity contribution is -0.143. The third-order valence-electron chi connectivity index (χ3n) is 2.91. The van der Waals surface area contributed by atoms with Gasteiger partial charge in [0.1, 0.15) is 6.54 Å². The molecule has 0 spiro atoms. The van der Waals surface area contributed by atoms with Crippen LogP contribution in [0.5, 0.6) is 0 Å². The van der Waals surface area contributed by atoms with E-state index < -0.39 is 11.9 Å². The van der Waals surface area contributed by atoms with Gasteiger partial charge in [-0.2, -0.15) is 5.26 Å². The summed E-state index contributed by atoms with van der Waals surface area (Å²) >= 11 is 0. The molecule has 0 saturated heterocycles. The average Bonchev–Trinajstić information content (AvgIpc) is 2.48. The zero-order valence-electron chi connectivity index (χ0n) is 12.9. The van der Waals surface area contributed by atoms with Crippen molar-refractivity contribution in [2.75, 3.05) is 18.5 Å². The van der Waals surface area contributed by atoms with Gasteiger partial charge in [-0.15, -0.1) is 0 Å². The largest absolute Gasteiger partial charge is 0.465 e. The summed E-state index contributed by atoms with van der Waals surface area (Å²) in [6, 6.07) is 7.49. The lowest BCUT2D eigenvalue weighted by Gasteiger charge is -2.10. The molecule has 0 unspecified atom stereocenters. The highest BCUT2D eigenvalue weighted by molar-refractivity contribution is 5.96. The average molecular weight is 301 g/mol. The van der Waals surface area contributed by atoms with E-state index in [0.29, 0.717) is 0 Å². The molecule has 0 aliphatic rings. The fraction of sp³-hybridized carbons (Fsp3) is 0.375. The zero-order valence-corrected chi connectivity index (χ0v) is 12.9. The maximum absolute atomic E-state index is 11.9. The first-order valence-corrected chi connectivity index (χ1v) is 6.91. The molecule has 22 heavy (non-hydrogen) atoms. The van der Waals surface area contributed by atoms with Crippen LogP contribution >= 0.6 is 0 Å². The minimum atomic E-state index is -1.09. The van der Waals surface area contributed by atoms with Crippen molar-refractivity contribution in [2.24, 2.45) is 10.9 Å². The number of ether oxygens (including phenoxy) is 1. The molecular formula is C16H19N3O3. The molecule has 1 atom stereocenters. The van der Waals surface area contributed by atoms with Gasteiger partial charge in [0, 0.05) is 11.9 Å². The van der Waals surface area contributed by atoms with Crippen molar-refractivity contribution in [1.29, 1.82) is 5.26 Å². The van der Waals surface area contributed by atoms with Crippen molar-refractivity contribution >= 4 is 23.8 Å². The number of benzene rings is 1. The van der Waals surface area contributed by atoms with Crippen LogP contribution in [0.2, 0.25) is 0 Å². The van der Waals surface area contributed by atoms with E-state index in [-0.39, 0.29) is 19.1 Å². The fourth-order valence-electron chi connectivity index (χ4n) is 1.81. The molecule has 1 aromatic carbocycles. The summed E-state index contributed by atoms with van der Waals surface area (Å²) in [6.07, 6.45) is 1.14. The van der Waals surface area contributed by atoms with E-state index >= 15 is 0 Å². The number of aliphatic imine (C=N–C) groups is 1. The van der Waals surface area contributed by atoms with E-state index in [9.17, 15) is 9.59 Å². The summed E-state index contributed by atoms with van der Waals surface area (Å²) in [5.41, 5.74) is 2.67. The van der Waals surface area contributed by atoms with Gasteiger partial charge in [0.25, 0.3) is 0 Å². The van der Waals surface area contributed by atoms with Crippen LogP contribution in [0.4, 0.5) is 5.69 Å². The summed E-state index contributed by atoms with van der Waals surface area (Å²) in [5.74, 6) is -2.06. The number of hydrogen-bond donors (Lipinski definition) is 1. The van der Waals surface area contributed by atoms with Gasteiger partial charge in [0.05, 0.1) is 12.7 Å². The third-order valence-corrected chi connectivity index (χ3v) is 2.91.